The number of cyclic esters (lactones) is 1. The highest BCUT2D eigenvalue weighted by atomic mass is 16.6. The number of rotatable bonds is 7. The van der Waals surface area contributed by atoms with Crippen LogP contribution in [0.2, 0.25) is 0 Å². The van der Waals surface area contributed by atoms with E-state index in [1.54, 1.807) is 7.11 Å². The summed E-state index contributed by atoms with van der Waals surface area (Å²) in [6, 6.07) is 0. The molecule has 1 aliphatic rings. The Bertz CT molecular complexity index is 240. The zero-order chi connectivity index (χ0) is 12.8. The van der Waals surface area contributed by atoms with Gasteiger partial charge in [-0.2, -0.15) is 0 Å². The highest BCUT2D eigenvalue weighted by Crippen LogP contribution is 2.25. The summed E-state index contributed by atoms with van der Waals surface area (Å²) in [5, 5.41) is 10.0. The third-order valence-corrected chi connectivity index (χ3v) is 3.31. The highest BCUT2D eigenvalue weighted by Gasteiger charge is 2.41. The maximum absolute atomic E-state index is 11.5. The van der Waals surface area contributed by atoms with Gasteiger partial charge in [0, 0.05) is 7.11 Å². The fourth-order valence-electron chi connectivity index (χ4n) is 2.22. The molecule has 0 aromatic carbocycles. The lowest BCUT2D eigenvalue weighted by Gasteiger charge is -2.19. The molecule has 0 saturated carbocycles. The van der Waals surface area contributed by atoms with Crippen molar-refractivity contribution in [2.24, 2.45) is 11.8 Å². The van der Waals surface area contributed by atoms with Gasteiger partial charge in [-0.05, 0) is 12.3 Å². The SMILES string of the molecule is COC1COC(=O)C1C(O)CCCCC(C)C. The number of aliphatic hydroxyl groups excluding tert-OH is 1. The van der Waals surface area contributed by atoms with Crippen LogP contribution in [0.3, 0.4) is 0 Å². The summed E-state index contributed by atoms with van der Waals surface area (Å²) in [5.74, 6) is -0.137. The van der Waals surface area contributed by atoms with E-state index in [9.17, 15) is 9.90 Å². The van der Waals surface area contributed by atoms with E-state index in [0.717, 1.165) is 19.3 Å². The molecule has 1 N–H and O–H groups in total. The van der Waals surface area contributed by atoms with Gasteiger partial charge in [-0.1, -0.05) is 33.1 Å². The van der Waals surface area contributed by atoms with E-state index < -0.39 is 12.0 Å². The number of hydrogen-bond acceptors (Lipinski definition) is 4. The number of ether oxygens (including phenoxy) is 2. The largest absolute Gasteiger partial charge is 0.463 e. The van der Waals surface area contributed by atoms with E-state index in [1.807, 2.05) is 0 Å². The molecule has 0 amide bonds. The Morgan fingerprint density at radius 1 is 1.41 bits per heavy atom. The van der Waals surface area contributed by atoms with Gasteiger partial charge < -0.3 is 14.6 Å². The summed E-state index contributed by atoms with van der Waals surface area (Å²) in [5.41, 5.74) is 0. The topological polar surface area (TPSA) is 55.8 Å². The number of carbonyl (C=O) groups is 1. The Morgan fingerprint density at radius 3 is 2.65 bits per heavy atom. The molecule has 0 aromatic rings. The van der Waals surface area contributed by atoms with Crippen LogP contribution in [0.25, 0.3) is 0 Å². The monoisotopic (exact) mass is 244 g/mol. The fourth-order valence-corrected chi connectivity index (χ4v) is 2.22. The minimum Gasteiger partial charge on any atom is -0.463 e. The third kappa shape index (κ3) is 4.28. The van der Waals surface area contributed by atoms with E-state index in [0.29, 0.717) is 12.3 Å². The summed E-state index contributed by atoms with van der Waals surface area (Å²) in [6.07, 6.45) is 2.92. The van der Waals surface area contributed by atoms with E-state index in [2.05, 4.69) is 13.8 Å². The van der Waals surface area contributed by atoms with Gasteiger partial charge in [0.1, 0.15) is 18.6 Å². The second-order valence-electron chi connectivity index (χ2n) is 5.18. The van der Waals surface area contributed by atoms with Crippen LogP contribution in [0, 0.1) is 11.8 Å². The van der Waals surface area contributed by atoms with Gasteiger partial charge in [-0.25, -0.2) is 0 Å². The van der Waals surface area contributed by atoms with Gasteiger partial charge >= 0.3 is 5.97 Å². The van der Waals surface area contributed by atoms with E-state index in [4.69, 9.17) is 9.47 Å². The van der Waals surface area contributed by atoms with Crippen molar-refractivity contribution in [3.8, 4) is 0 Å². The molecule has 100 valence electrons. The molecule has 1 heterocycles. The fraction of sp³-hybridized carbons (Fsp3) is 0.923. The molecule has 0 aromatic heterocycles. The summed E-state index contributed by atoms with van der Waals surface area (Å²) >= 11 is 0. The van der Waals surface area contributed by atoms with Gasteiger partial charge in [0.25, 0.3) is 0 Å². The quantitative estimate of drug-likeness (QED) is 0.547. The Balaban J connectivity index is 2.30. The van der Waals surface area contributed by atoms with E-state index >= 15 is 0 Å². The first-order valence-electron chi connectivity index (χ1n) is 6.43. The standard InChI is InChI=1S/C13H24O4/c1-9(2)6-4-5-7-10(14)12-11(16-3)8-17-13(12)15/h9-12,14H,4-8H2,1-3H3. The maximum Gasteiger partial charge on any atom is 0.314 e. The Kier molecular flexibility index (Phi) is 5.92. The van der Waals surface area contributed by atoms with Crippen molar-refractivity contribution in [2.75, 3.05) is 13.7 Å². The molecular formula is C13H24O4. The molecular weight excluding hydrogens is 220 g/mol. The average Bonchev–Trinajstić information content (AvgIpc) is 2.65. The first-order valence-corrected chi connectivity index (χ1v) is 6.43. The van der Waals surface area contributed by atoms with Crippen LogP contribution in [-0.2, 0) is 14.3 Å². The highest BCUT2D eigenvalue weighted by molar-refractivity contribution is 5.75. The molecule has 0 bridgehead atoms. The first-order chi connectivity index (χ1) is 8.06. The van der Waals surface area contributed by atoms with Gasteiger partial charge in [-0.3, -0.25) is 4.79 Å². The Hall–Kier alpha value is -0.610. The van der Waals surface area contributed by atoms with Gasteiger partial charge in [0.15, 0.2) is 0 Å². The Labute approximate surface area is 103 Å². The summed E-state index contributed by atoms with van der Waals surface area (Å²) in [4.78, 5) is 11.5. The molecule has 1 rings (SSSR count). The molecule has 1 fully saturated rings. The van der Waals surface area contributed by atoms with Crippen LogP contribution in [-0.4, -0.2) is 37.0 Å². The summed E-state index contributed by atoms with van der Waals surface area (Å²) in [7, 11) is 1.55. The second-order valence-corrected chi connectivity index (χ2v) is 5.18. The van der Waals surface area contributed by atoms with E-state index in [1.165, 1.54) is 0 Å². The van der Waals surface area contributed by atoms with Crippen LogP contribution in [0.15, 0.2) is 0 Å². The zero-order valence-corrected chi connectivity index (χ0v) is 11.0. The van der Waals surface area contributed by atoms with Crippen molar-refractivity contribution < 1.29 is 19.4 Å². The zero-order valence-electron chi connectivity index (χ0n) is 11.0. The number of carbonyl (C=O) groups excluding carboxylic acids is 1. The molecule has 4 nitrogen and oxygen atoms in total. The summed E-state index contributed by atoms with van der Waals surface area (Å²) < 4.78 is 10.1. The third-order valence-electron chi connectivity index (χ3n) is 3.31. The van der Waals surface area contributed by atoms with Crippen LogP contribution in [0.1, 0.15) is 39.5 Å². The molecule has 0 aliphatic carbocycles. The normalized spacial score (nSPS) is 26.3. The summed E-state index contributed by atoms with van der Waals surface area (Å²) in [6.45, 7) is 4.64. The van der Waals surface area contributed by atoms with Crippen molar-refractivity contribution in [1.82, 2.24) is 0 Å². The molecule has 3 unspecified atom stereocenters. The lowest BCUT2D eigenvalue weighted by atomic mass is 9.93. The second kappa shape index (κ2) is 6.97. The van der Waals surface area contributed by atoms with Crippen LogP contribution < -0.4 is 0 Å². The van der Waals surface area contributed by atoms with Crippen LogP contribution >= 0.6 is 0 Å². The molecule has 1 aliphatic heterocycles. The van der Waals surface area contributed by atoms with E-state index in [-0.39, 0.29) is 18.7 Å². The molecule has 3 atom stereocenters. The number of aliphatic hydroxyl groups is 1. The number of unbranched alkanes of at least 4 members (excludes halogenated alkanes) is 1. The predicted molar refractivity (Wildman–Crippen MR) is 64.6 cm³/mol. The van der Waals surface area contributed by atoms with Crippen LogP contribution in [0.5, 0.6) is 0 Å². The molecule has 1 saturated heterocycles. The molecule has 0 spiro atoms. The first kappa shape index (κ1) is 14.5. The predicted octanol–water partition coefficient (Wildman–Crippen LogP) is 1.75. The molecule has 0 radical (unpaired) electrons. The van der Waals surface area contributed by atoms with Crippen molar-refractivity contribution >= 4 is 5.97 Å². The number of methoxy groups -OCH3 is 1. The smallest absolute Gasteiger partial charge is 0.314 e. The van der Waals surface area contributed by atoms with Crippen molar-refractivity contribution in [3.63, 3.8) is 0 Å². The number of esters is 1. The molecule has 4 heteroatoms. The molecule has 17 heavy (non-hydrogen) atoms. The van der Waals surface area contributed by atoms with Gasteiger partial charge in [0.05, 0.1) is 6.10 Å². The lowest BCUT2D eigenvalue weighted by Crippen LogP contribution is -2.34. The lowest BCUT2D eigenvalue weighted by molar-refractivity contribution is -0.144. The maximum atomic E-state index is 11.5. The Morgan fingerprint density at radius 2 is 2.06 bits per heavy atom. The van der Waals surface area contributed by atoms with Crippen molar-refractivity contribution in [1.29, 1.82) is 0 Å². The van der Waals surface area contributed by atoms with Crippen LogP contribution in [0.4, 0.5) is 0 Å². The minimum atomic E-state index is -0.637. The van der Waals surface area contributed by atoms with Gasteiger partial charge in [0.2, 0.25) is 0 Å². The number of hydrogen-bond donors (Lipinski definition) is 1. The van der Waals surface area contributed by atoms with Crippen molar-refractivity contribution in [2.45, 2.75) is 51.7 Å². The minimum absolute atomic E-state index is 0.267. The average molecular weight is 244 g/mol. The van der Waals surface area contributed by atoms with Gasteiger partial charge in [-0.15, -0.1) is 0 Å². The van der Waals surface area contributed by atoms with Crippen molar-refractivity contribution in [3.05, 3.63) is 0 Å².